The van der Waals surface area contributed by atoms with Crippen LogP contribution in [0.4, 0.5) is 0 Å². The number of hydrogen-bond acceptors (Lipinski definition) is 4. The minimum Gasteiger partial charge on any atom is -0.390 e. The second-order valence-electron chi connectivity index (χ2n) is 2.81. The quantitative estimate of drug-likeness (QED) is 0.556. The molecule has 0 bridgehead atoms. The van der Waals surface area contributed by atoms with Crippen LogP contribution in [0.3, 0.4) is 0 Å². The number of likely N-dealkylation sites (N-methyl/N-ethyl adjacent to an activating group) is 1. The lowest BCUT2D eigenvalue weighted by Crippen LogP contribution is -2.38. The highest BCUT2D eigenvalue weighted by atomic mass is 32.2. The van der Waals surface area contributed by atoms with Crippen molar-refractivity contribution in [2.24, 2.45) is 0 Å². The molecule has 66 valence electrons. The monoisotopic (exact) mass is 179 g/mol. The van der Waals surface area contributed by atoms with Gasteiger partial charge in [-0.2, -0.15) is 0 Å². The van der Waals surface area contributed by atoms with E-state index < -0.39 is 15.9 Å². The van der Waals surface area contributed by atoms with Crippen molar-refractivity contribution in [3.8, 4) is 0 Å². The van der Waals surface area contributed by atoms with E-state index in [1.807, 2.05) is 6.92 Å². The van der Waals surface area contributed by atoms with E-state index in [-0.39, 0.29) is 17.5 Å². The first-order valence-corrected chi connectivity index (χ1v) is 5.49. The third kappa shape index (κ3) is 2.15. The normalized spacial score (nSPS) is 35.8. The molecule has 0 aromatic carbocycles. The number of aliphatic hydroxyl groups is 1. The molecule has 0 spiro atoms. The highest BCUT2D eigenvalue weighted by Crippen LogP contribution is 2.11. The van der Waals surface area contributed by atoms with Gasteiger partial charge in [-0.15, -0.1) is 0 Å². The van der Waals surface area contributed by atoms with Crippen LogP contribution in [-0.2, 0) is 9.84 Å². The number of sulfone groups is 1. The van der Waals surface area contributed by atoms with Gasteiger partial charge in [0.2, 0.25) is 0 Å². The maximum atomic E-state index is 10.9. The Balaban J connectivity index is 2.59. The van der Waals surface area contributed by atoms with Gasteiger partial charge >= 0.3 is 0 Å². The Bertz CT molecular complexity index is 224. The molecule has 0 aliphatic carbocycles. The SMILES string of the molecule is CCN[C@@H]1CS(=O)(=O)C[C@@H]1O. The summed E-state index contributed by atoms with van der Waals surface area (Å²) in [6.45, 7) is 2.58. The van der Waals surface area contributed by atoms with Gasteiger partial charge in [-0.25, -0.2) is 8.42 Å². The van der Waals surface area contributed by atoms with Crippen molar-refractivity contribution < 1.29 is 13.5 Å². The number of rotatable bonds is 2. The summed E-state index contributed by atoms with van der Waals surface area (Å²) in [6.07, 6.45) is -0.722. The molecule has 1 heterocycles. The molecule has 1 aliphatic heterocycles. The fourth-order valence-corrected chi connectivity index (χ4v) is 3.06. The molecule has 1 aliphatic rings. The van der Waals surface area contributed by atoms with Crippen LogP contribution in [0.5, 0.6) is 0 Å². The second kappa shape index (κ2) is 3.08. The molecule has 0 unspecified atom stereocenters. The highest BCUT2D eigenvalue weighted by Gasteiger charge is 2.35. The molecule has 0 radical (unpaired) electrons. The summed E-state index contributed by atoms with van der Waals surface area (Å²) in [7, 11) is -2.98. The lowest BCUT2D eigenvalue weighted by atomic mass is 10.2. The van der Waals surface area contributed by atoms with Crippen molar-refractivity contribution in [3.05, 3.63) is 0 Å². The molecule has 0 aromatic heterocycles. The number of aliphatic hydroxyl groups excluding tert-OH is 1. The molecule has 0 amide bonds. The first kappa shape index (κ1) is 8.96. The summed E-state index contributed by atoms with van der Waals surface area (Å²) in [5, 5.41) is 12.1. The van der Waals surface area contributed by atoms with Crippen molar-refractivity contribution in [1.29, 1.82) is 0 Å². The zero-order chi connectivity index (χ0) is 8.48. The molecule has 1 rings (SSSR count). The molecule has 2 N–H and O–H groups in total. The molecule has 0 aromatic rings. The van der Waals surface area contributed by atoms with Gasteiger partial charge in [0.05, 0.1) is 17.6 Å². The van der Waals surface area contributed by atoms with Crippen molar-refractivity contribution in [2.75, 3.05) is 18.1 Å². The van der Waals surface area contributed by atoms with Crippen molar-refractivity contribution in [1.82, 2.24) is 5.32 Å². The van der Waals surface area contributed by atoms with Crippen LogP contribution < -0.4 is 5.32 Å². The molecular weight excluding hydrogens is 166 g/mol. The molecule has 11 heavy (non-hydrogen) atoms. The standard InChI is InChI=1S/C6H13NO3S/c1-2-7-5-3-11(9,10)4-6(5)8/h5-8H,2-4H2,1H3/t5-,6+/m1/s1. The Morgan fingerprint density at radius 2 is 2.18 bits per heavy atom. The maximum Gasteiger partial charge on any atom is 0.154 e. The van der Waals surface area contributed by atoms with Gasteiger partial charge in [0.1, 0.15) is 0 Å². The minimum absolute atomic E-state index is 0.0714. The van der Waals surface area contributed by atoms with E-state index >= 15 is 0 Å². The molecule has 0 saturated carbocycles. The van der Waals surface area contributed by atoms with E-state index in [1.165, 1.54) is 0 Å². The first-order chi connectivity index (χ1) is 5.05. The summed E-state index contributed by atoms with van der Waals surface area (Å²) in [6, 6.07) is -0.259. The van der Waals surface area contributed by atoms with Crippen molar-refractivity contribution in [3.63, 3.8) is 0 Å². The number of hydrogen-bond donors (Lipinski definition) is 2. The summed E-state index contributed by atoms with van der Waals surface area (Å²) < 4.78 is 21.9. The molecule has 2 atom stereocenters. The zero-order valence-corrected chi connectivity index (χ0v) is 7.26. The average molecular weight is 179 g/mol. The van der Waals surface area contributed by atoms with Crippen LogP contribution in [0.1, 0.15) is 6.92 Å². The largest absolute Gasteiger partial charge is 0.390 e. The Hall–Kier alpha value is -0.130. The second-order valence-corrected chi connectivity index (χ2v) is 4.96. The average Bonchev–Trinajstić information content (AvgIpc) is 2.07. The predicted octanol–water partition coefficient (Wildman–Crippen LogP) is -1.25. The third-order valence-electron chi connectivity index (χ3n) is 1.79. The summed E-state index contributed by atoms with van der Waals surface area (Å²) in [5.74, 6) is -0.0212. The van der Waals surface area contributed by atoms with Gasteiger partial charge in [-0.1, -0.05) is 6.92 Å². The van der Waals surface area contributed by atoms with E-state index in [1.54, 1.807) is 0 Å². The summed E-state index contributed by atoms with van der Waals surface area (Å²) in [4.78, 5) is 0. The lowest BCUT2D eigenvalue weighted by molar-refractivity contribution is 0.167. The maximum absolute atomic E-state index is 10.9. The van der Waals surface area contributed by atoms with E-state index in [2.05, 4.69) is 5.32 Å². The Morgan fingerprint density at radius 1 is 1.55 bits per heavy atom. The first-order valence-electron chi connectivity index (χ1n) is 3.67. The van der Waals surface area contributed by atoms with Gasteiger partial charge in [0.25, 0.3) is 0 Å². The van der Waals surface area contributed by atoms with Gasteiger partial charge < -0.3 is 10.4 Å². The van der Waals surface area contributed by atoms with Gasteiger partial charge in [0.15, 0.2) is 9.84 Å². The Morgan fingerprint density at radius 3 is 2.55 bits per heavy atom. The topological polar surface area (TPSA) is 66.4 Å². The van der Waals surface area contributed by atoms with E-state index in [0.717, 1.165) is 0 Å². The molecule has 1 fully saturated rings. The van der Waals surface area contributed by atoms with E-state index in [0.29, 0.717) is 6.54 Å². The Labute approximate surface area is 66.5 Å². The van der Waals surface area contributed by atoms with Crippen LogP contribution >= 0.6 is 0 Å². The molecule has 5 heteroatoms. The van der Waals surface area contributed by atoms with Crippen LogP contribution in [-0.4, -0.2) is 43.7 Å². The lowest BCUT2D eigenvalue weighted by Gasteiger charge is -2.11. The van der Waals surface area contributed by atoms with E-state index in [4.69, 9.17) is 0 Å². The predicted molar refractivity (Wildman–Crippen MR) is 42.1 cm³/mol. The van der Waals surface area contributed by atoms with Crippen LogP contribution in [0.2, 0.25) is 0 Å². The highest BCUT2D eigenvalue weighted by molar-refractivity contribution is 7.91. The van der Waals surface area contributed by atoms with Gasteiger partial charge in [0, 0.05) is 6.04 Å². The van der Waals surface area contributed by atoms with Crippen LogP contribution in [0.15, 0.2) is 0 Å². The molecular formula is C6H13NO3S. The minimum atomic E-state index is -2.98. The third-order valence-corrected chi connectivity index (χ3v) is 3.51. The van der Waals surface area contributed by atoms with Crippen molar-refractivity contribution >= 4 is 9.84 Å². The smallest absolute Gasteiger partial charge is 0.154 e. The van der Waals surface area contributed by atoms with E-state index in [9.17, 15) is 13.5 Å². The van der Waals surface area contributed by atoms with Crippen LogP contribution in [0.25, 0.3) is 0 Å². The fourth-order valence-electron chi connectivity index (χ4n) is 1.29. The number of nitrogens with one attached hydrogen (secondary N) is 1. The summed E-state index contributed by atoms with van der Waals surface area (Å²) >= 11 is 0. The molecule has 1 saturated heterocycles. The summed E-state index contributed by atoms with van der Waals surface area (Å²) in [5.41, 5.74) is 0. The Kier molecular flexibility index (Phi) is 2.51. The van der Waals surface area contributed by atoms with Crippen LogP contribution in [0, 0.1) is 0 Å². The molecule has 4 nitrogen and oxygen atoms in total. The van der Waals surface area contributed by atoms with Gasteiger partial charge in [-0.05, 0) is 6.54 Å². The van der Waals surface area contributed by atoms with Crippen molar-refractivity contribution in [2.45, 2.75) is 19.1 Å². The zero-order valence-electron chi connectivity index (χ0n) is 6.45. The van der Waals surface area contributed by atoms with Gasteiger partial charge in [-0.3, -0.25) is 0 Å². The fraction of sp³-hybridized carbons (Fsp3) is 1.00.